The summed E-state index contributed by atoms with van der Waals surface area (Å²) < 4.78 is 32.0. The summed E-state index contributed by atoms with van der Waals surface area (Å²) in [6.45, 7) is -0.687. The maximum absolute atomic E-state index is 13.3. The van der Waals surface area contributed by atoms with E-state index in [2.05, 4.69) is 10.6 Å². The van der Waals surface area contributed by atoms with Gasteiger partial charge in [0.2, 0.25) is 5.91 Å². The lowest BCUT2D eigenvalue weighted by atomic mass is 9.98. The number of nitrogens with one attached hydrogen (secondary N) is 2. The Morgan fingerprint density at radius 1 is 1.00 bits per heavy atom. The third-order valence-corrected chi connectivity index (χ3v) is 6.23. The van der Waals surface area contributed by atoms with Crippen molar-refractivity contribution < 1.29 is 38.1 Å². The zero-order valence-corrected chi connectivity index (χ0v) is 18.0. The SMILES string of the molecule is O=C(CC(O)CNC(=O)OCC1c2ccccc2-c2ccccc21)NCC1C(C(=O)O)C1(F)F. The third kappa shape index (κ3) is 4.72. The molecule has 2 aromatic rings. The van der Waals surface area contributed by atoms with E-state index in [-0.39, 0.29) is 19.1 Å². The molecule has 0 heterocycles. The van der Waals surface area contributed by atoms with E-state index >= 15 is 0 Å². The van der Waals surface area contributed by atoms with Crippen LogP contribution < -0.4 is 10.6 Å². The monoisotopic (exact) mass is 474 g/mol. The van der Waals surface area contributed by atoms with Crippen molar-refractivity contribution in [3.05, 3.63) is 59.7 Å². The minimum Gasteiger partial charge on any atom is -0.481 e. The molecule has 0 radical (unpaired) electrons. The van der Waals surface area contributed by atoms with Gasteiger partial charge in [-0.2, -0.15) is 0 Å². The van der Waals surface area contributed by atoms with Gasteiger partial charge in [-0.05, 0) is 22.3 Å². The third-order valence-electron chi connectivity index (χ3n) is 6.23. The molecule has 180 valence electrons. The van der Waals surface area contributed by atoms with E-state index in [4.69, 9.17) is 9.84 Å². The van der Waals surface area contributed by atoms with Gasteiger partial charge in [-0.25, -0.2) is 13.6 Å². The molecule has 2 aliphatic rings. The maximum atomic E-state index is 13.3. The van der Waals surface area contributed by atoms with Crippen LogP contribution in [-0.4, -0.2) is 59.9 Å². The summed E-state index contributed by atoms with van der Waals surface area (Å²) in [4.78, 5) is 34.7. The predicted molar refractivity (Wildman–Crippen MR) is 116 cm³/mol. The zero-order chi connectivity index (χ0) is 24.5. The largest absolute Gasteiger partial charge is 0.481 e. The van der Waals surface area contributed by atoms with E-state index in [0.717, 1.165) is 22.3 Å². The highest BCUT2D eigenvalue weighted by Gasteiger charge is 2.72. The number of carbonyl (C=O) groups is 3. The Balaban J connectivity index is 1.20. The average molecular weight is 474 g/mol. The molecule has 1 fully saturated rings. The number of hydrogen-bond donors (Lipinski definition) is 4. The first-order chi connectivity index (χ1) is 16.2. The number of aliphatic carboxylic acids is 1. The van der Waals surface area contributed by atoms with Crippen LogP contribution in [0.4, 0.5) is 13.6 Å². The molecule has 2 aliphatic carbocycles. The van der Waals surface area contributed by atoms with E-state index in [1.807, 2.05) is 48.5 Å². The molecule has 10 heteroatoms. The van der Waals surface area contributed by atoms with Crippen molar-refractivity contribution in [1.29, 1.82) is 0 Å². The van der Waals surface area contributed by atoms with E-state index in [0.29, 0.717) is 0 Å². The van der Waals surface area contributed by atoms with E-state index in [9.17, 15) is 28.3 Å². The van der Waals surface area contributed by atoms with Crippen LogP contribution in [0.3, 0.4) is 0 Å². The summed E-state index contributed by atoms with van der Waals surface area (Å²) in [5.74, 6) is -9.10. The molecule has 3 atom stereocenters. The number of hydrogen-bond acceptors (Lipinski definition) is 5. The number of carboxylic acid groups (broad SMARTS) is 1. The number of amides is 2. The van der Waals surface area contributed by atoms with Gasteiger partial charge in [-0.15, -0.1) is 0 Å². The highest BCUT2D eigenvalue weighted by atomic mass is 19.3. The van der Waals surface area contributed by atoms with Gasteiger partial charge < -0.3 is 25.6 Å². The molecule has 2 aromatic carbocycles. The Morgan fingerprint density at radius 3 is 2.15 bits per heavy atom. The molecule has 0 bridgehead atoms. The van der Waals surface area contributed by atoms with Gasteiger partial charge in [-0.3, -0.25) is 9.59 Å². The van der Waals surface area contributed by atoms with Crippen molar-refractivity contribution in [2.75, 3.05) is 19.7 Å². The van der Waals surface area contributed by atoms with Gasteiger partial charge in [0.15, 0.2) is 0 Å². The number of aliphatic hydroxyl groups is 1. The fourth-order valence-electron chi connectivity index (χ4n) is 4.41. The molecule has 4 rings (SSSR count). The minimum atomic E-state index is -3.36. The molecular weight excluding hydrogens is 450 g/mol. The molecule has 4 N–H and O–H groups in total. The normalized spacial score (nSPS) is 20.6. The van der Waals surface area contributed by atoms with Gasteiger partial charge in [-0.1, -0.05) is 48.5 Å². The standard InChI is InChI=1S/C24H24F2N2O6/c25-24(26)19(21(24)22(31)32)11-27-20(30)9-13(29)10-28-23(33)34-12-18-16-7-3-1-5-14(16)15-6-2-4-8-17(15)18/h1-8,13,18-19,21,29H,9-12H2,(H,27,30)(H,28,33)(H,31,32). The number of alkyl carbamates (subject to hydrolysis) is 1. The summed E-state index contributed by atoms with van der Waals surface area (Å²) in [6.07, 6.45) is -2.47. The van der Waals surface area contributed by atoms with Crippen LogP contribution in [0.5, 0.6) is 0 Å². The molecule has 0 aliphatic heterocycles. The number of carbonyl (C=O) groups excluding carboxylic acids is 2. The molecule has 1 saturated carbocycles. The Hall–Kier alpha value is -3.53. The van der Waals surface area contributed by atoms with Crippen LogP contribution in [0.15, 0.2) is 48.5 Å². The lowest BCUT2D eigenvalue weighted by Crippen LogP contribution is -2.37. The predicted octanol–water partition coefficient (Wildman–Crippen LogP) is 2.36. The topological polar surface area (TPSA) is 125 Å². The second kappa shape index (κ2) is 9.38. The van der Waals surface area contributed by atoms with Gasteiger partial charge in [0.05, 0.1) is 18.4 Å². The maximum Gasteiger partial charge on any atom is 0.407 e. The van der Waals surface area contributed by atoms with Crippen LogP contribution in [0, 0.1) is 11.8 Å². The van der Waals surface area contributed by atoms with Crippen molar-refractivity contribution in [2.24, 2.45) is 11.8 Å². The molecule has 3 unspecified atom stereocenters. The van der Waals surface area contributed by atoms with Crippen molar-refractivity contribution in [3.8, 4) is 11.1 Å². The zero-order valence-electron chi connectivity index (χ0n) is 18.0. The van der Waals surface area contributed by atoms with E-state index in [1.165, 1.54) is 0 Å². The first-order valence-corrected chi connectivity index (χ1v) is 10.8. The van der Waals surface area contributed by atoms with Crippen molar-refractivity contribution in [2.45, 2.75) is 24.4 Å². The van der Waals surface area contributed by atoms with E-state index in [1.54, 1.807) is 0 Å². The second-order valence-corrected chi connectivity index (χ2v) is 8.47. The summed E-state index contributed by atoms with van der Waals surface area (Å²) in [6, 6.07) is 15.7. The Morgan fingerprint density at radius 2 is 1.59 bits per heavy atom. The smallest absolute Gasteiger partial charge is 0.407 e. The number of ether oxygens (including phenoxy) is 1. The first-order valence-electron chi connectivity index (χ1n) is 10.8. The number of benzene rings is 2. The molecular formula is C24H24F2N2O6. The molecule has 0 aromatic heterocycles. The van der Waals surface area contributed by atoms with Gasteiger partial charge in [0.1, 0.15) is 12.5 Å². The second-order valence-electron chi connectivity index (χ2n) is 8.47. The fraction of sp³-hybridized carbons (Fsp3) is 0.375. The summed E-state index contributed by atoms with van der Waals surface area (Å²) in [5, 5.41) is 23.3. The van der Waals surface area contributed by atoms with Crippen LogP contribution in [-0.2, 0) is 14.3 Å². The highest BCUT2D eigenvalue weighted by molar-refractivity contribution is 5.79. The quantitative estimate of drug-likeness (QED) is 0.442. The van der Waals surface area contributed by atoms with Gasteiger partial charge >= 0.3 is 12.1 Å². The van der Waals surface area contributed by atoms with Crippen LogP contribution in [0.2, 0.25) is 0 Å². The van der Waals surface area contributed by atoms with Crippen molar-refractivity contribution in [1.82, 2.24) is 10.6 Å². The Labute approximate surface area is 193 Å². The number of carboxylic acids is 1. The lowest BCUT2D eigenvalue weighted by molar-refractivity contribution is -0.141. The highest BCUT2D eigenvalue weighted by Crippen LogP contribution is 2.54. The number of halogens is 2. The van der Waals surface area contributed by atoms with Crippen molar-refractivity contribution in [3.63, 3.8) is 0 Å². The van der Waals surface area contributed by atoms with Crippen molar-refractivity contribution >= 4 is 18.0 Å². The van der Waals surface area contributed by atoms with Crippen LogP contribution >= 0.6 is 0 Å². The molecule has 2 amide bonds. The van der Waals surface area contributed by atoms with Crippen LogP contribution in [0.25, 0.3) is 11.1 Å². The Kier molecular flexibility index (Phi) is 6.52. The fourth-order valence-corrected chi connectivity index (χ4v) is 4.41. The Bertz CT molecular complexity index is 1060. The van der Waals surface area contributed by atoms with Gasteiger partial charge in [0.25, 0.3) is 5.92 Å². The summed E-state index contributed by atoms with van der Waals surface area (Å²) in [5.41, 5.74) is 4.29. The number of fused-ring (bicyclic) bond motifs is 3. The minimum absolute atomic E-state index is 0.0940. The lowest BCUT2D eigenvalue weighted by Gasteiger charge is -2.16. The number of alkyl halides is 2. The number of aliphatic hydroxyl groups excluding tert-OH is 1. The number of rotatable bonds is 9. The molecule has 34 heavy (non-hydrogen) atoms. The first kappa shape index (κ1) is 23.6. The molecule has 0 saturated heterocycles. The van der Waals surface area contributed by atoms with Gasteiger partial charge in [0, 0.05) is 19.0 Å². The van der Waals surface area contributed by atoms with E-state index < -0.39 is 54.8 Å². The summed E-state index contributed by atoms with van der Waals surface area (Å²) in [7, 11) is 0. The summed E-state index contributed by atoms with van der Waals surface area (Å²) >= 11 is 0. The van der Waals surface area contributed by atoms with Crippen LogP contribution in [0.1, 0.15) is 23.5 Å². The average Bonchev–Trinajstić information content (AvgIpc) is 3.22. The molecule has 0 spiro atoms. The molecule has 8 nitrogen and oxygen atoms in total.